The summed E-state index contributed by atoms with van der Waals surface area (Å²) in [4.78, 5) is 22.2. The predicted octanol–water partition coefficient (Wildman–Crippen LogP) is 3.36. The topological polar surface area (TPSA) is 137 Å². The molecule has 0 bridgehead atoms. The van der Waals surface area contributed by atoms with E-state index >= 15 is 0 Å². The molecule has 0 aliphatic carbocycles. The molecule has 2 heterocycles. The number of hydrogen-bond donors (Lipinski definition) is 4. The summed E-state index contributed by atoms with van der Waals surface area (Å²) in [6.07, 6.45) is -1.16. The Morgan fingerprint density at radius 1 is 1.03 bits per heavy atom. The molecule has 10 nitrogen and oxygen atoms in total. The van der Waals surface area contributed by atoms with E-state index in [2.05, 4.69) is 20.6 Å². The van der Waals surface area contributed by atoms with Crippen molar-refractivity contribution in [2.75, 3.05) is 19.0 Å². The summed E-state index contributed by atoms with van der Waals surface area (Å²) in [5.74, 6) is -0.545. The maximum atomic E-state index is 13.0. The summed E-state index contributed by atoms with van der Waals surface area (Å²) >= 11 is 0. The lowest BCUT2D eigenvalue weighted by Gasteiger charge is -2.16. The molecule has 1 aliphatic rings. The van der Waals surface area contributed by atoms with E-state index in [-0.39, 0.29) is 11.7 Å². The van der Waals surface area contributed by atoms with Gasteiger partial charge in [-0.1, -0.05) is 60.7 Å². The maximum absolute atomic E-state index is 13.0. The van der Waals surface area contributed by atoms with Crippen molar-refractivity contribution in [1.82, 2.24) is 14.9 Å². The average Bonchev–Trinajstić information content (AvgIpc) is 3.22. The highest BCUT2D eigenvalue weighted by Crippen LogP contribution is 2.24. The Bertz CT molecular complexity index is 1510. The molecule has 10 heteroatoms. The van der Waals surface area contributed by atoms with E-state index in [0.29, 0.717) is 30.1 Å². The molecular weight excluding hydrogens is 470 g/mol. The number of benzodiazepines with no additional fused rings is 1. The molecule has 1 atom stereocenters. The number of amidine groups is 1. The summed E-state index contributed by atoms with van der Waals surface area (Å²) in [7, 11) is 1.60. The van der Waals surface area contributed by atoms with Crippen LogP contribution in [0.4, 0.5) is 5.69 Å². The van der Waals surface area contributed by atoms with E-state index in [0.717, 1.165) is 16.6 Å². The Morgan fingerprint density at radius 2 is 1.76 bits per heavy atom. The van der Waals surface area contributed by atoms with Crippen LogP contribution in [0.1, 0.15) is 17.0 Å². The molecule has 0 saturated carbocycles. The van der Waals surface area contributed by atoms with E-state index in [1.807, 2.05) is 72.8 Å². The number of nitrogens with zero attached hydrogens (tertiary/aromatic N) is 3. The summed E-state index contributed by atoms with van der Waals surface area (Å²) in [5.41, 5.74) is 4.31. The number of amides is 1. The Hall–Kier alpha value is -4.83. The standard InChI is InChI=1S/C27H25N7O3/c1-36-16-15-34-21-14-8-7-13-20(21)30-25(34)23(28)37-27(29)33-24-26(35)31-19-12-6-5-11-18(19)22(32-24)17-9-3-2-4-10-17/h2-14,24,28H,15-16H2,1H3,(H2,29,33)(H,31,35)/t24-/m1/s1. The van der Waals surface area contributed by atoms with Crippen LogP contribution in [0.15, 0.2) is 83.9 Å². The fourth-order valence-electron chi connectivity index (χ4n) is 4.14. The second-order valence-corrected chi connectivity index (χ2v) is 8.25. The van der Waals surface area contributed by atoms with Gasteiger partial charge in [0.25, 0.3) is 17.8 Å². The molecule has 3 aromatic carbocycles. The van der Waals surface area contributed by atoms with Crippen molar-refractivity contribution >= 4 is 40.3 Å². The van der Waals surface area contributed by atoms with Crippen molar-refractivity contribution in [3.05, 3.63) is 95.8 Å². The van der Waals surface area contributed by atoms with Crippen LogP contribution in [-0.4, -0.2) is 53.0 Å². The molecule has 37 heavy (non-hydrogen) atoms. The predicted molar refractivity (Wildman–Crippen MR) is 141 cm³/mol. The lowest BCUT2D eigenvalue weighted by Crippen LogP contribution is -2.43. The minimum absolute atomic E-state index is 0.246. The van der Waals surface area contributed by atoms with Crippen LogP contribution >= 0.6 is 0 Å². The largest absolute Gasteiger partial charge is 0.404 e. The van der Waals surface area contributed by atoms with Gasteiger partial charge in [0, 0.05) is 24.8 Å². The smallest absolute Gasteiger partial charge is 0.290 e. The molecule has 4 aromatic rings. The third-order valence-electron chi connectivity index (χ3n) is 5.84. The third-order valence-corrected chi connectivity index (χ3v) is 5.84. The van der Waals surface area contributed by atoms with Gasteiger partial charge >= 0.3 is 0 Å². The molecule has 5 rings (SSSR count). The zero-order valence-corrected chi connectivity index (χ0v) is 20.1. The molecule has 0 saturated heterocycles. The quantitative estimate of drug-likeness (QED) is 0.240. The highest BCUT2D eigenvalue weighted by molar-refractivity contribution is 6.19. The normalized spacial score (nSPS) is 14.8. The fraction of sp³-hybridized carbons (Fsp3) is 0.148. The number of hydrogen-bond acceptors (Lipinski definition) is 7. The highest BCUT2D eigenvalue weighted by atomic mass is 16.5. The second-order valence-electron chi connectivity index (χ2n) is 8.25. The van der Waals surface area contributed by atoms with Crippen molar-refractivity contribution in [3.63, 3.8) is 0 Å². The molecular formula is C27H25N7O3. The van der Waals surface area contributed by atoms with Crippen LogP contribution in [0.25, 0.3) is 11.0 Å². The maximum Gasteiger partial charge on any atom is 0.290 e. The second kappa shape index (κ2) is 10.4. The Morgan fingerprint density at radius 3 is 2.57 bits per heavy atom. The monoisotopic (exact) mass is 495 g/mol. The van der Waals surface area contributed by atoms with Crippen LogP contribution in [0.3, 0.4) is 0 Å². The molecule has 1 aliphatic heterocycles. The van der Waals surface area contributed by atoms with E-state index in [1.165, 1.54) is 0 Å². The molecule has 0 fully saturated rings. The first kappa shape index (κ1) is 23.9. The number of imidazole rings is 1. The van der Waals surface area contributed by atoms with E-state index in [1.54, 1.807) is 17.7 Å². The number of para-hydroxylation sites is 3. The number of carbonyl (C=O) groups excluding carboxylic acids is 1. The lowest BCUT2D eigenvalue weighted by atomic mass is 10.0. The van der Waals surface area contributed by atoms with Gasteiger partial charge in [-0.25, -0.2) is 9.98 Å². The Balaban J connectivity index is 1.40. The van der Waals surface area contributed by atoms with Crippen molar-refractivity contribution < 1.29 is 14.3 Å². The van der Waals surface area contributed by atoms with E-state index in [4.69, 9.17) is 20.3 Å². The van der Waals surface area contributed by atoms with Crippen LogP contribution in [0.2, 0.25) is 0 Å². The number of nitrogens with one attached hydrogen (secondary N) is 4. The Kier molecular flexibility index (Phi) is 6.73. The molecule has 1 aromatic heterocycles. The molecule has 0 radical (unpaired) electrons. The minimum Gasteiger partial charge on any atom is -0.404 e. The van der Waals surface area contributed by atoms with Gasteiger partial charge in [0.05, 0.1) is 29.0 Å². The van der Waals surface area contributed by atoms with Gasteiger partial charge < -0.3 is 24.7 Å². The van der Waals surface area contributed by atoms with E-state index in [9.17, 15) is 4.79 Å². The summed E-state index contributed by atoms with van der Waals surface area (Å²) in [6, 6.07) is 23.9. The number of aromatic nitrogens is 2. The van der Waals surface area contributed by atoms with Crippen LogP contribution < -0.4 is 10.6 Å². The SMILES string of the molecule is COCCn1c(C(=N)OC(=N)N[C@H]2N=C(c3ccccc3)c3ccccc3NC2=O)nc2ccccc21. The lowest BCUT2D eigenvalue weighted by molar-refractivity contribution is -0.117. The van der Waals surface area contributed by atoms with Crippen LogP contribution in [0, 0.1) is 10.8 Å². The molecule has 4 N–H and O–H groups in total. The summed E-state index contributed by atoms with van der Waals surface area (Å²) in [6.45, 7) is 0.864. The van der Waals surface area contributed by atoms with Crippen molar-refractivity contribution in [3.8, 4) is 0 Å². The van der Waals surface area contributed by atoms with Crippen LogP contribution in [0.5, 0.6) is 0 Å². The number of methoxy groups -OCH3 is 1. The van der Waals surface area contributed by atoms with Gasteiger partial charge in [-0.2, -0.15) is 0 Å². The van der Waals surface area contributed by atoms with Gasteiger partial charge in [-0.3, -0.25) is 15.6 Å². The van der Waals surface area contributed by atoms with Gasteiger partial charge in [0.2, 0.25) is 6.17 Å². The third kappa shape index (κ3) is 4.95. The number of rotatable bonds is 6. The van der Waals surface area contributed by atoms with Crippen molar-refractivity contribution in [2.45, 2.75) is 12.7 Å². The van der Waals surface area contributed by atoms with Crippen molar-refractivity contribution in [1.29, 1.82) is 10.8 Å². The van der Waals surface area contributed by atoms with Gasteiger partial charge in [0.1, 0.15) is 0 Å². The fourth-order valence-corrected chi connectivity index (χ4v) is 4.14. The molecule has 0 unspecified atom stereocenters. The highest BCUT2D eigenvalue weighted by Gasteiger charge is 2.27. The molecule has 1 amide bonds. The number of fused-ring (bicyclic) bond motifs is 2. The van der Waals surface area contributed by atoms with Crippen LogP contribution in [-0.2, 0) is 20.8 Å². The zero-order valence-electron chi connectivity index (χ0n) is 20.1. The van der Waals surface area contributed by atoms with Gasteiger partial charge in [0.15, 0.2) is 5.82 Å². The number of ether oxygens (including phenoxy) is 2. The number of benzene rings is 3. The number of aliphatic imine (C=N–C) groups is 1. The van der Waals surface area contributed by atoms with Crippen molar-refractivity contribution in [2.24, 2.45) is 4.99 Å². The number of carbonyl (C=O) groups is 1. The minimum atomic E-state index is -1.16. The summed E-state index contributed by atoms with van der Waals surface area (Å²) < 4.78 is 12.5. The summed E-state index contributed by atoms with van der Waals surface area (Å²) in [5, 5.41) is 22.4. The van der Waals surface area contributed by atoms with E-state index < -0.39 is 18.1 Å². The Labute approximate surface area is 213 Å². The first-order valence-electron chi connectivity index (χ1n) is 11.6. The van der Waals surface area contributed by atoms with Gasteiger partial charge in [-0.05, 0) is 18.2 Å². The van der Waals surface area contributed by atoms with Gasteiger partial charge in [-0.15, -0.1) is 0 Å². The molecule has 0 spiro atoms. The number of anilines is 1. The molecule has 186 valence electrons. The first-order valence-corrected chi connectivity index (χ1v) is 11.6. The first-order chi connectivity index (χ1) is 18.0. The zero-order chi connectivity index (χ0) is 25.8. The average molecular weight is 496 g/mol.